The fraction of sp³-hybridized carbons (Fsp3) is 0.517. The van der Waals surface area contributed by atoms with Crippen LogP contribution < -0.4 is 0 Å². The van der Waals surface area contributed by atoms with E-state index < -0.39 is 0 Å². The standard InChI is InChI=1S/C29H38/c1-3-5-23-8-12-25(13-9-23)27-16-20-29(21-17-27)28-18-14-26(15-19-28)24-10-6-22(4-2)7-11-24/h10,14-23,25H,3-9,11-13H2,1-2H3/t22?,23-,25-. The van der Waals surface area contributed by atoms with Crippen LogP contribution in [0.1, 0.15) is 95.1 Å². The second-order valence-corrected chi connectivity index (χ2v) is 9.48. The third kappa shape index (κ3) is 5.03. The molecule has 2 aliphatic carbocycles. The van der Waals surface area contributed by atoms with Crippen molar-refractivity contribution in [3.8, 4) is 11.1 Å². The molecule has 1 unspecified atom stereocenters. The summed E-state index contributed by atoms with van der Waals surface area (Å²) >= 11 is 0. The SMILES string of the molecule is CCC[C@H]1CC[C@H](c2ccc(-c3ccc(C4=CCC(CC)CC4)cc3)cc2)CC1. The van der Waals surface area contributed by atoms with Crippen molar-refractivity contribution in [3.63, 3.8) is 0 Å². The molecule has 0 aromatic heterocycles. The lowest BCUT2D eigenvalue weighted by Gasteiger charge is -2.28. The summed E-state index contributed by atoms with van der Waals surface area (Å²) in [6.45, 7) is 4.65. The molecule has 0 N–H and O–H groups in total. The van der Waals surface area contributed by atoms with E-state index in [2.05, 4.69) is 68.5 Å². The summed E-state index contributed by atoms with van der Waals surface area (Å²) in [5.41, 5.74) is 7.22. The van der Waals surface area contributed by atoms with E-state index in [0.29, 0.717) is 0 Å². The van der Waals surface area contributed by atoms with Crippen LogP contribution in [0.4, 0.5) is 0 Å². The Morgan fingerprint density at radius 2 is 1.31 bits per heavy atom. The van der Waals surface area contributed by atoms with Crippen molar-refractivity contribution in [2.45, 2.75) is 84.0 Å². The van der Waals surface area contributed by atoms with Gasteiger partial charge in [0.2, 0.25) is 0 Å². The maximum Gasteiger partial charge on any atom is -0.0162 e. The van der Waals surface area contributed by atoms with Gasteiger partial charge in [-0.2, -0.15) is 0 Å². The van der Waals surface area contributed by atoms with E-state index in [9.17, 15) is 0 Å². The van der Waals surface area contributed by atoms with Gasteiger partial charge >= 0.3 is 0 Å². The number of benzene rings is 2. The zero-order valence-electron chi connectivity index (χ0n) is 18.5. The zero-order chi connectivity index (χ0) is 20.1. The first-order valence-electron chi connectivity index (χ1n) is 12.2. The summed E-state index contributed by atoms with van der Waals surface area (Å²) in [5.74, 6) is 2.67. The Morgan fingerprint density at radius 1 is 0.690 bits per heavy atom. The Hall–Kier alpha value is -1.82. The molecule has 1 atom stereocenters. The van der Waals surface area contributed by atoms with Gasteiger partial charge in [-0.3, -0.25) is 0 Å². The minimum absolute atomic E-state index is 0.782. The van der Waals surface area contributed by atoms with Gasteiger partial charge in [0, 0.05) is 0 Å². The van der Waals surface area contributed by atoms with Crippen LogP contribution in [0.15, 0.2) is 54.6 Å². The maximum absolute atomic E-state index is 2.48. The van der Waals surface area contributed by atoms with Gasteiger partial charge in [0.1, 0.15) is 0 Å². The molecule has 0 radical (unpaired) electrons. The monoisotopic (exact) mass is 386 g/mol. The highest BCUT2D eigenvalue weighted by Crippen LogP contribution is 2.38. The molecule has 2 aliphatic rings. The minimum atomic E-state index is 0.782. The smallest absolute Gasteiger partial charge is 0.0162 e. The molecule has 0 bridgehead atoms. The summed E-state index contributed by atoms with van der Waals surface area (Å²) in [7, 11) is 0. The molecule has 0 saturated heterocycles. The first-order chi connectivity index (χ1) is 14.3. The van der Waals surface area contributed by atoms with Gasteiger partial charge in [-0.15, -0.1) is 0 Å². The predicted molar refractivity (Wildman–Crippen MR) is 127 cm³/mol. The van der Waals surface area contributed by atoms with Crippen molar-refractivity contribution in [2.24, 2.45) is 11.8 Å². The molecule has 0 nitrogen and oxygen atoms in total. The summed E-state index contributed by atoms with van der Waals surface area (Å²) in [5, 5.41) is 0. The highest BCUT2D eigenvalue weighted by Gasteiger charge is 2.21. The molecule has 154 valence electrons. The molecule has 2 aromatic carbocycles. The van der Waals surface area contributed by atoms with Crippen LogP contribution in [0.3, 0.4) is 0 Å². The molecule has 0 aliphatic heterocycles. The van der Waals surface area contributed by atoms with Gasteiger partial charge < -0.3 is 0 Å². The first kappa shape index (κ1) is 20.5. The van der Waals surface area contributed by atoms with Crippen LogP contribution in [-0.2, 0) is 0 Å². The molecular formula is C29H38. The number of rotatable bonds is 6. The van der Waals surface area contributed by atoms with Gasteiger partial charge in [-0.25, -0.2) is 0 Å². The molecular weight excluding hydrogens is 348 g/mol. The fourth-order valence-electron chi connectivity index (χ4n) is 5.54. The van der Waals surface area contributed by atoms with Crippen molar-refractivity contribution in [1.82, 2.24) is 0 Å². The summed E-state index contributed by atoms with van der Waals surface area (Å²) < 4.78 is 0. The first-order valence-corrected chi connectivity index (χ1v) is 12.2. The van der Waals surface area contributed by atoms with Crippen LogP contribution >= 0.6 is 0 Å². The van der Waals surface area contributed by atoms with Crippen LogP contribution in [-0.4, -0.2) is 0 Å². The lowest BCUT2D eigenvalue weighted by molar-refractivity contribution is 0.308. The quantitative estimate of drug-likeness (QED) is 0.464. The van der Waals surface area contributed by atoms with Gasteiger partial charge in [0.15, 0.2) is 0 Å². The predicted octanol–water partition coefficient (Wildman–Crippen LogP) is 9.02. The highest BCUT2D eigenvalue weighted by molar-refractivity contribution is 5.71. The van der Waals surface area contributed by atoms with Crippen LogP contribution in [0.2, 0.25) is 0 Å². The minimum Gasteiger partial charge on any atom is -0.0804 e. The lowest BCUT2D eigenvalue weighted by atomic mass is 9.77. The van der Waals surface area contributed by atoms with Gasteiger partial charge in [-0.05, 0) is 90.5 Å². The Bertz CT molecular complexity index is 785. The largest absolute Gasteiger partial charge is 0.0804 e. The molecule has 29 heavy (non-hydrogen) atoms. The normalized spacial score (nSPS) is 24.9. The number of allylic oxidation sites excluding steroid dienone is 2. The van der Waals surface area contributed by atoms with Crippen molar-refractivity contribution in [2.75, 3.05) is 0 Å². The maximum atomic E-state index is 2.48. The third-order valence-electron chi connectivity index (χ3n) is 7.61. The van der Waals surface area contributed by atoms with Crippen molar-refractivity contribution >= 4 is 5.57 Å². The van der Waals surface area contributed by atoms with E-state index in [1.807, 2.05) is 0 Å². The molecule has 0 amide bonds. The zero-order valence-corrected chi connectivity index (χ0v) is 18.5. The van der Waals surface area contributed by atoms with Crippen molar-refractivity contribution < 1.29 is 0 Å². The Balaban J connectivity index is 1.39. The lowest BCUT2D eigenvalue weighted by Crippen LogP contribution is -2.13. The van der Waals surface area contributed by atoms with Gasteiger partial charge in [-0.1, -0.05) is 87.7 Å². The topological polar surface area (TPSA) is 0 Å². The molecule has 0 heteroatoms. The van der Waals surface area contributed by atoms with Crippen molar-refractivity contribution in [1.29, 1.82) is 0 Å². The summed E-state index contributed by atoms with van der Waals surface area (Å²) in [6, 6.07) is 18.8. The summed E-state index contributed by atoms with van der Waals surface area (Å²) in [6.07, 6.45) is 16.0. The fourth-order valence-corrected chi connectivity index (χ4v) is 5.54. The van der Waals surface area contributed by atoms with E-state index in [1.54, 1.807) is 11.1 Å². The third-order valence-corrected chi connectivity index (χ3v) is 7.61. The van der Waals surface area contributed by atoms with Gasteiger partial charge in [0.05, 0.1) is 0 Å². The van der Waals surface area contributed by atoms with Crippen LogP contribution in [0.5, 0.6) is 0 Å². The molecule has 0 spiro atoms. The molecule has 4 rings (SSSR count). The number of hydrogen-bond donors (Lipinski definition) is 0. The van der Waals surface area contributed by atoms with E-state index in [4.69, 9.17) is 0 Å². The Morgan fingerprint density at radius 3 is 1.86 bits per heavy atom. The number of hydrogen-bond acceptors (Lipinski definition) is 0. The Labute approximate surface area is 178 Å². The Kier molecular flexibility index (Phi) is 6.90. The van der Waals surface area contributed by atoms with E-state index in [-0.39, 0.29) is 0 Å². The van der Waals surface area contributed by atoms with Crippen LogP contribution in [0, 0.1) is 11.8 Å². The van der Waals surface area contributed by atoms with E-state index >= 15 is 0 Å². The average Bonchev–Trinajstić information content (AvgIpc) is 2.80. The highest BCUT2D eigenvalue weighted by atomic mass is 14.3. The molecule has 2 aromatic rings. The van der Waals surface area contributed by atoms with Crippen molar-refractivity contribution in [3.05, 3.63) is 65.7 Å². The average molecular weight is 387 g/mol. The summed E-state index contributed by atoms with van der Waals surface area (Å²) in [4.78, 5) is 0. The second kappa shape index (κ2) is 9.79. The van der Waals surface area contributed by atoms with E-state index in [0.717, 1.165) is 17.8 Å². The van der Waals surface area contributed by atoms with Gasteiger partial charge in [0.25, 0.3) is 0 Å². The van der Waals surface area contributed by atoms with E-state index in [1.165, 1.54) is 80.9 Å². The molecule has 0 heterocycles. The molecule has 1 fully saturated rings. The van der Waals surface area contributed by atoms with Crippen LogP contribution in [0.25, 0.3) is 16.7 Å². The second-order valence-electron chi connectivity index (χ2n) is 9.48. The molecule has 1 saturated carbocycles.